The number of carbonyl (C=O) groups is 2. The molecule has 4 rings (SSSR count). The third-order valence-electron chi connectivity index (χ3n) is 8.85. The van der Waals surface area contributed by atoms with Crippen LogP contribution in [0.5, 0.6) is 0 Å². The Morgan fingerprint density at radius 2 is 0.865 bits per heavy atom. The molecule has 2 aliphatic carbocycles. The van der Waals surface area contributed by atoms with Crippen molar-refractivity contribution in [2.45, 2.75) is 134 Å². The summed E-state index contributed by atoms with van der Waals surface area (Å²) >= 11 is 3.73. The monoisotopic (exact) mass is 546 g/mol. The molecule has 0 aliphatic heterocycles. The number of aliphatic carboxylic acids is 2. The standard InChI is InChI=1S/C31H46O4S2/c32-30(33)24-16-12-8-3-1-2-6-10-14-22(18-24)26-20-28-29(36-26)21-27(37-28)23-15-11-7-4-5-9-13-17-25(19-23)31(34)35/h20-25H,1-19H2,(H,32,33)(H,34,35). The van der Waals surface area contributed by atoms with Crippen LogP contribution in [-0.4, -0.2) is 22.2 Å². The molecule has 2 aromatic rings. The van der Waals surface area contributed by atoms with Crippen LogP contribution in [-0.2, 0) is 9.59 Å². The van der Waals surface area contributed by atoms with Crippen LogP contribution in [0.25, 0.3) is 9.40 Å². The van der Waals surface area contributed by atoms with E-state index in [-0.39, 0.29) is 11.8 Å². The maximum absolute atomic E-state index is 12.0. The molecule has 0 saturated heterocycles. The molecule has 4 nitrogen and oxygen atoms in total. The fourth-order valence-corrected chi connectivity index (χ4v) is 9.27. The lowest BCUT2D eigenvalue weighted by atomic mass is 9.85. The average molecular weight is 547 g/mol. The molecule has 2 heterocycles. The molecule has 6 heteroatoms. The fraction of sp³-hybridized carbons (Fsp3) is 0.742. The van der Waals surface area contributed by atoms with E-state index < -0.39 is 11.9 Å². The van der Waals surface area contributed by atoms with Crippen molar-refractivity contribution in [1.82, 2.24) is 0 Å². The molecular weight excluding hydrogens is 500 g/mol. The highest BCUT2D eigenvalue weighted by atomic mass is 32.1. The van der Waals surface area contributed by atoms with Crippen molar-refractivity contribution >= 4 is 44.0 Å². The second kappa shape index (κ2) is 14.7. The van der Waals surface area contributed by atoms with Crippen molar-refractivity contribution in [3.8, 4) is 0 Å². The molecule has 0 aromatic carbocycles. The van der Waals surface area contributed by atoms with E-state index in [1.54, 1.807) is 0 Å². The van der Waals surface area contributed by atoms with Crippen molar-refractivity contribution in [2.24, 2.45) is 11.8 Å². The Kier molecular flexibility index (Phi) is 11.3. The largest absolute Gasteiger partial charge is 0.481 e. The number of fused-ring (bicyclic) bond motifs is 1. The lowest BCUT2D eigenvalue weighted by Gasteiger charge is -2.21. The van der Waals surface area contributed by atoms with E-state index in [4.69, 9.17) is 0 Å². The molecule has 4 atom stereocenters. The summed E-state index contributed by atoms with van der Waals surface area (Å²) in [5.41, 5.74) is 0. The summed E-state index contributed by atoms with van der Waals surface area (Å²) in [7, 11) is 0. The molecule has 0 radical (unpaired) electrons. The summed E-state index contributed by atoms with van der Waals surface area (Å²) in [5.74, 6) is -1.04. The van der Waals surface area contributed by atoms with Crippen molar-refractivity contribution in [2.75, 3.05) is 0 Å². The highest BCUT2D eigenvalue weighted by Gasteiger charge is 2.28. The molecule has 37 heavy (non-hydrogen) atoms. The van der Waals surface area contributed by atoms with E-state index in [9.17, 15) is 19.8 Å². The Morgan fingerprint density at radius 3 is 1.22 bits per heavy atom. The predicted octanol–water partition coefficient (Wildman–Crippen LogP) is 9.97. The quantitative estimate of drug-likeness (QED) is 0.400. The Labute approximate surface area is 230 Å². The molecule has 2 saturated carbocycles. The van der Waals surface area contributed by atoms with Gasteiger partial charge in [0.25, 0.3) is 0 Å². The normalized spacial score (nSPS) is 28.0. The Morgan fingerprint density at radius 1 is 0.541 bits per heavy atom. The summed E-state index contributed by atoms with van der Waals surface area (Å²) in [6, 6.07) is 4.70. The second-order valence-corrected chi connectivity index (χ2v) is 13.9. The molecule has 2 fully saturated rings. The van der Waals surface area contributed by atoms with Gasteiger partial charge >= 0.3 is 11.9 Å². The maximum atomic E-state index is 12.0. The Hall–Kier alpha value is -1.40. The lowest BCUT2D eigenvalue weighted by molar-refractivity contribution is -0.143. The lowest BCUT2D eigenvalue weighted by Crippen LogP contribution is -2.17. The summed E-state index contributed by atoms with van der Waals surface area (Å²) in [5, 5.41) is 19.8. The first-order chi connectivity index (χ1) is 18.0. The summed E-state index contributed by atoms with van der Waals surface area (Å²) in [6.07, 6.45) is 20.9. The van der Waals surface area contributed by atoms with Gasteiger partial charge in [0.05, 0.1) is 11.8 Å². The molecule has 206 valence electrons. The number of rotatable bonds is 4. The van der Waals surface area contributed by atoms with Crippen molar-refractivity contribution < 1.29 is 19.8 Å². The summed E-state index contributed by atoms with van der Waals surface area (Å²) in [4.78, 5) is 26.8. The van der Waals surface area contributed by atoms with Crippen LogP contribution in [0.1, 0.15) is 144 Å². The van der Waals surface area contributed by atoms with Crippen LogP contribution in [0.2, 0.25) is 0 Å². The zero-order valence-electron chi connectivity index (χ0n) is 22.4. The topological polar surface area (TPSA) is 74.6 Å². The van der Waals surface area contributed by atoms with Crippen LogP contribution in [0.3, 0.4) is 0 Å². The van der Waals surface area contributed by atoms with Crippen molar-refractivity contribution in [3.63, 3.8) is 0 Å². The third kappa shape index (κ3) is 8.54. The van der Waals surface area contributed by atoms with E-state index >= 15 is 0 Å². The number of hydrogen-bond donors (Lipinski definition) is 2. The van der Waals surface area contributed by atoms with Crippen molar-refractivity contribution in [3.05, 3.63) is 21.9 Å². The van der Waals surface area contributed by atoms with E-state index in [2.05, 4.69) is 12.1 Å². The first kappa shape index (κ1) is 28.6. The zero-order chi connectivity index (χ0) is 26.0. The van der Waals surface area contributed by atoms with Gasteiger partial charge in [-0.2, -0.15) is 0 Å². The Bertz CT molecular complexity index is 961. The van der Waals surface area contributed by atoms with Gasteiger partial charge in [-0.15, -0.1) is 22.7 Å². The number of carboxylic acids is 2. The van der Waals surface area contributed by atoms with Gasteiger partial charge in [0.15, 0.2) is 0 Å². The summed E-state index contributed by atoms with van der Waals surface area (Å²) < 4.78 is 2.63. The van der Waals surface area contributed by atoms with E-state index in [1.807, 2.05) is 22.7 Å². The smallest absolute Gasteiger partial charge is 0.306 e. The number of thiophene rings is 2. The van der Waals surface area contributed by atoms with E-state index in [0.29, 0.717) is 11.8 Å². The molecule has 2 N–H and O–H groups in total. The highest BCUT2D eigenvalue weighted by molar-refractivity contribution is 7.27. The van der Waals surface area contributed by atoms with Crippen molar-refractivity contribution in [1.29, 1.82) is 0 Å². The fourth-order valence-electron chi connectivity index (χ4n) is 6.55. The minimum atomic E-state index is -0.625. The minimum absolute atomic E-state index is 0.233. The van der Waals surface area contributed by atoms with Gasteiger partial charge in [0, 0.05) is 19.2 Å². The van der Waals surface area contributed by atoms with Gasteiger partial charge < -0.3 is 10.2 Å². The molecular formula is C31H46O4S2. The van der Waals surface area contributed by atoms with Crippen LogP contribution in [0, 0.1) is 11.8 Å². The third-order valence-corrected chi connectivity index (χ3v) is 11.5. The molecule has 2 aromatic heterocycles. The van der Waals surface area contributed by atoms with Crippen LogP contribution in [0.4, 0.5) is 0 Å². The first-order valence-electron chi connectivity index (χ1n) is 15.0. The van der Waals surface area contributed by atoms with E-state index in [1.165, 1.54) is 76.9 Å². The average Bonchev–Trinajstić information content (AvgIpc) is 3.41. The van der Waals surface area contributed by atoms with E-state index in [0.717, 1.165) is 64.2 Å². The van der Waals surface area contributed by atoms with Gasteiger partial charge in [-0.05, 0) is 62.5 Å². The Balaban J connectivity index is 1.52. The van der Waals surface area contributed by atoms with Gasteiger partial charge in [-0.1, -0.05) is 83.5 Å². The van der Waals surface area contributed by atoms with Gasteiger partial charge in [-0.3, -0.25) is 9.59 Å². The molecule has 0 bridgehead atoms. The maximum Gasteiger partial charge on any atom is 0.306 e. The van der Waals surface area contributed by atoms with Gasteiger partial charge in [-0.25, -0.2) is 0 Å². The number of carboxylic acid groups (broad SMARTS) is 2. The van der Waals surface area contributed by atoms with Gasteiger partial charge in [0.2, 0.25) is 0 Å². The SMILES string of the molecule is O=C(O)C1CCCCCCCCCC(c2cc3sc(C4CCCCCCCCC(C(=O)O)C4)cc3s2)C1. The van der Waals surface area contributed by atoms with Crippen LogP contribution < -0.4 is 0 Å². The minimum Gasteiger partial charge on any atom is -0.481 e. The number of hydrogen-bond acceptors (Lipinski definition) is 4. The molecule has 0 amide bonds. The molecule has 2 aliphatic rings. The first-order valence-corrected chi connectivity index (χ1v) is 16.6. The zero-order valence-corrected chi connectivity index (χ0v) is 24.1. The highest BCUT2D eigenvalue weighted by Crippen LogP contribution is 2.45. The van der Waals surface area contributed by atoms with Crippen LogP contribution >= 0.6 is 22.7 Å². The van der Waals surface area contributed by atoms with Gasteiger partial charge in [0.1, 0.15) is 0 Å². The van der Waals surface area contributed by atoms with Crippen LogP contribution in [0.15, 0.2) is 12.1 Å². The molecule has 4 unspecified atom stereocenters. The summed E-state index contributed by atoms with van der Waals surface area (Å²) in [6.45, 7) is 0. The second-order valence-electron chi connectivity index (χ2n) is 11.7. The predicted molar refractivity (Wildman–Crippen MR) is 155 cm³/mol. The molecule has 0 spiro atoms.